The minimum absolute atomic E-state index is 0.172. The Morgan fingerprint density at radius 1 is 0.895 bits per heavy atom. The van der Waals surface area contributed by atoms with Crippen molar-refractivity contribution < 1.29 is 69.4 Å². The van der Waals surface area contributed by atoms with Crippen molar-refractivity contribution in [2.45, 2.75) is 118 Å². The maximum atomic E-state index is 12.0. The predicted molar refractivity (Wildman–Crippen MR) is 123 cm³/mol. The molecule has 14 unspecified atom stereocenters. The number of fused-ring (bicyclic) bond motifs is 1. The highest BCUT2D eigenvalue weighted by molar-refractivity contribution is 5.90. The molecule has 2 aliphatic heterocycles. The van der Waals surface area contributed by atoms with Crippen LogP contribution >= 0.6 is 0 Å². The first-order valence-corrected chi connectivity index (χ1v) is 13.1. The predicted octanol–water partition coefficient (Wildman–Crippen LogP) is -3.48. The quantitative estimate of drug-likeness (QED) is 0.0873. The molecule has 0 radical (unpaired) electrons. The highest BCUT2D eigenvalue weighted by Gasteiger charge is 2.55. The van der Waals surface area contributed by atoms with Crippen LogP contribution in [-0.4, -0.2) is 138 Å². The van der Waals surface area contributed by atoms with Gasteiger partial charge in [-0.15, -0.1) is 0 Å². The molecule has 4 fully saturated rings. The van der Waals surface area contributed by atoms with Crippen molar-refractivity contribution in [1.29, 1.82) is 0 Å². The number of carboxylic acids is 1. The molecule has 4 aliphatic rings. The van der Waals surface area contributed by atoms with Crippen LogP contribution in [0.2, 0.25) is 0 Å². The Balaban J connectivity index is 1.54. The third-order valence-corrected chi connectivity index (χ3v) is 8.26. The fourth-order valence-corrected chi connectivity index (χ4v) is 6.30. The van der Waals surface area contributed by atoms with E-state index in [1.54, 1.807) is 0 Å². The SMILES string of the molecule is O=C(O)CC(=O)OC1C(O)C(CO)OC(OC2CC3C(O)CC(O)CC3[OH+]C2C2CCC(O)C(O)C2)C1O. The summed E-state index contributed by atoms with van der Waals surface area (Å²) in [4.78, 5) is 22.8. The minimum Gasteiger partial charge on any atom is -0.481 e. The molecule has 14 atom stereocenters. The van der Waals surface area contributed by atoms with Crippen LogP contribution in [0.3, 0.4) is 0 Å². The molecule has 38 heavy (non-hydrogen) atoms. The smallest absolute Gasteiger partial charge is 0.317 e. The summed E-state index contributed by atoms with van der Waals surface area (Å²) >= 11 is 0. The van der Waals surface area contributed by atoms with Crippen LogP contribution < -0.4 is 0 Å². The summed E-state index contributed by atoms with van der Waals surface area (Å²) in [5, 5.41) is 81.1. The summed E-state index contributed by atoms with van der Waals surface area (Å²) in [6.07, 6.45) is -12.1. The molecule has 9 N–H and O–H groups in total. The topological polar surface area (TPSA) is 236 Å². The summed E-state index contributed by atoms with van der Waals surface area (Å²) in [5.41, 5.74) is 0. The fourth-order valence-electron chi connectivity index (χ4n) is 6.30. The van der Waals surface area contributed by atoms with Gasteiger partial charge in [0.15, 0.2) is 24.6 Å². The van der Waals surface area contributed by atoms with Gasteiger partial charge in [-0.2, -0.15) is 0 Å². The number of aliphatic hydroxyl groups is 9. The number of carbonyl (C=O) groups is 2. The van der Waals surface area contributed by atoms with Crippen LogP contribution in [0, 0.1) is 11.8 Å². The molecule has 0 amide bonds. The zero-order valence-corrected chi connectivity index (χ0v) is 20.8. The van der Waals surface area contributed by atoms with E-state index in [9.17, 15) is 45.3 Å². The van der Waals surface area contributed by atoms with E-state index in [1.165, 1.54) is 0 Å². The molecular formula is C24H39O14+. The molecule has 0 aromatic heterocycles. The largest absolute Gasteiger partial charge is 0.481 e. The summed E-state index contributed by atoms with van der Waals surface area (Å²) < 4.78 is 21.7. The van der Waals surface area contributed by atoms with Gasteiger partial charge < -0.3 is 59.8 Å². The van der Waals surface area contributed by atoms with E-state index in [0.717, 1.165) is 0 Å². The van der Waals surface area contributed by atoms with Crippen LogP contribution in [0.4, 0.5) is 0 Å². The molecule has 0 aromatic rings. The third-order valence-electron chi connectivity index (χ3n) is 8.26. The summed E-state index contributed by atoms with van der Waals surface area (Å²) in [7, 11) is 0. The van der Waals surface area contributed by atoms with Crippen molar-refractivity contribution in [3.8, 4) is 0 Å². The molecule has 0 aromatic carbocycles. The Bertz CT molecular complexity index is 826. The normalized spacial score (nSPS) is 47.7. The van der Waals surface area contributed by atoms with E-state index in [-0.39, 0.29) is 37.2 Å². The average molecular weight is 552 g/mol. The number of carboxylic acid groups (broad SMARTS) is 1. The number of esters is 1. The second-order valence-electron chi connectivity index (χ2n) is 10.9. The maximum absolute atomic E-state index is 12.0. The second kappa shape index (κ2) is 12.4. The Kier molecular flexibility index (Phi) is 9.61. The molecule has 2 saturated heterocycles. The molecule has 2 heterocycles. The van der Waals surface area contributed by atoms with Crippen LogP contribution in [0.25, 0.3) is 0 Å². The van der Waals surface area contributed by atoms with Gasteiger partial charge in [-0.1, -0.05) is 0 Å². The molecule has 0 bridgehead atoms. The van der Waals surface area contributed by atoms with Crippen molar-refractivity contribution in [3.05, 3.63) is 0 Å². The number of hydrogen-bond donors (Lipinski definition) is 8. The van der Waals surface area contributed by atoms with Crippen molar-refractivity contribution in [1.82, 2.24) is 0 Å². The van der Waals surface area contributed by atoms with Crippen LogP contribution in [0.15, 0.2) is 0 Å². The molecule has 4 rings (SSSR count). The molecule has 2 aliphatic carbocycles. The lowest BCUT2D eigenvalue weighted by Crippen LogP contribution is -2.63. The van der Waals surface area contributed by atoms with E-state index in [0.29, 0.717) is 19.3 Å². The summed E-state index contributed by atoms with van der Waals surface area (Å²) in [5.74, 6) is -3.25. The Morgan fingerprint density at radius 3 is 2.29 bits per heavy atom. The standard InChI is InChI=1S/C24H38O14/c25-8-17-20(33)23(38-19(32)7-18(30)31)21(34)24(37-17)36-16-6-11-13(28)4-10(26)5-15(11)35-22(16)9-1-2-12(27)14(29)3-9/h9-17,20-29,33-34H,1-8H2,(H,30,31)/p+1. The fraction of sp³-hybridized carbons (Fsp3) is 0.917. The number of aliphatic hydroxyl groups excluding tert-OH is 7. The maximum Gasteiger partial charge on any atom is 0.317 e. The van der Waals surface area contributed by atoms with Crippen LogP contribution in [-0.2, 0) is 23.8 Å². The number of hydrogen-bond acceptors (Lipinski definition) is 12. The lowest BCUT2D eigenvalue weighted by atomic mass is 9.72. The Hall–Kier alpha value is -1.46. The zero-order valence-electron chi connectivity index (χ0n) is 20.8. The van der Waals surface area contributed by atoms with Gasteiger partial charge in [0.25, 0.3) is 0 Å². The van der Waals surface area contributed by atoms with E-state index < -0.39 is 92.3 Å². The van der Waals surface area contributed by atoms with Crippen LogP contribution in [0.1, 0.15) is 44.9 Å². The average Bonchev–Trinajstić information content (AvgIpc) is 2.84. The van der Waals surface area contributed by atoms with E-state index >= 15 is 0 Å². The monoisotopic (exact) mass is 551 g/mol. The summed E-state index contributed by atoms with van der Waals surface area (Å²) in [6, 6.07) is 0. The van der Waals surface area contributed by atoms with E-state index in [4.69, 9.17) is 24.1 Å². The minimum atomic E-state index is -1.75. The molecule has 0 spiro atoms. The summed E-state index contributed by atoms with van der Waals surface area (Å²) in [6.45, 7) is -0.715. The third kappa shape index (κ3) is 6.46. The van der Waals surface area contributed by atoms with Crippen LogP contribution in [0.5, 0.6) is 0 Å². The molecular weight excluding hydrogens is 512 g/mol. The van der Waals surface area contributed by atoms with Gasteiger partial charge in [0.1, 0.15) is 30.8 Å². The first-order chi connectivity index (χ1) is 18.0. The van der Waals surface area contributed by atoms with E-state index in [2.05, 4.69) is 0 Å². The first kappa shape index (κ1) is 29.5. The molecule has 14 heteroatoms. The van der Waals surface area contributed by atoms with Gasteiger partial charge in [-0.05, 0) is 25.7 Å². The van der Waals surface area contributed by atoms with Crippen molar-refractivity contribution >= 4 is 11.9 Å². The Labute approximate surface area is 218 Å². The molecule has 2 saturated carbocycles. The van der Waals surface area contributed by atoms with Gasteiger partial charge in [-0.25, -0.2) is 0 Å². The highest BCUT2D eigenvalue weighted by Crippen LogP contribution is 2.42. The molecule has 218 valence electrons. The first-order valence-electron chi connectivity index (χ1n) is 13.1. The van der Waals surface area contributed by atoms with E-state index in [1.807, 2.05) is 0 Å². The number of ether oxygens (including phenoxy) is 4. The van der Waals surface area contributed by atoms with Crippen molar-refractivity contribution in [3.63, 3.8) is 0 Å². The van der Waals surface area contributed by atoms with Crippen molar-refractivity contribution in [2.75, 3.05) is 6.61 Å². The molecule has 14 nitrogen and oxygen atoms in total. The Morgan fingerprint density at radius 2 is 1.63 bits per heavy atom. The van der Waals surface area contributed by atoms with Gasteiger partial charge >= 0.3 is 11.9 Å². The lowest BCUT2D eigenvalue weighted by Gasteiger charge is -2.48. The zero-order chi connectivity index (χ0) is 27.7. The van der Waals surface area contributed by atoms with Crippen molar-refractivity contribution in [2.24, 2.45) is 11.8 Å². The van der Waals surface area contributed by atoms with Gasteiger partial charge in [0, 0.05) is 18.8 Å². The number of aliphatic carboxylic acids is 1. The second-order valence-corrected chi connectivity index (χ2v) is 10.9. The number of rotatable bonds is 7. The van der Waals surface area contributed by atoms with Gasteiger partial charge in [-0.3, -0.25) is 9.59 Å². The van der Waals surface area contributed by atoms with Gasteiger partial charge in [0.2, 0.25) is 0 Å². The lowest BCUT2D eigenvalue weighted by molar-refractivity contribution is -0.356. The highest BCUT2D eigenvalue weighted by atomic mass is 16.7. The van der Waals surface area contributed by atoms with Gasteiger partial charge in [0.05, 0.1) is 36.9 Å². The number of carbonyl (C=O) groups excluding carboxylic acids is 1.